The fraction of sp³-hybridized carbons (Fsp3) is 0.529. The summed E-state index contributed by atoms with van der Waals surface area (Å²) >= 11 is 0. The van der Waals surface area contributed by atoms with Gasteiger partial charge < -0.3 is 14.5 Å². The molecule has 0 N–H and O–H groups in total. The van der Waals surface area contributed by atoms with Crippen molar-refractivity contribution in [1.29, 1.82) is 0 Å². The van der Waals surface area contributed by atoms with E-state index < -0.39 is 0 Å². The lowest BCUT2D eigenvalue weighted by Crippen LogP contribution is -2.26. The SMILES string of the molecule is CCCCCCCN1C=CN(c2ccccc2OC)C1. The van der Waals surface area contributed by atoms with E-state index in [0.717, 1.165) is 24.7 Å². The van der Waals surface area contributed by atoms with Crippen LogP contribution in [0.1, 0.15) is 39.0 Å². The number of methoxy groups -OCH3 is 1. The Kier molecular flexibility index (Phi) is 5.78. The third-order valence-electron chi connectivity index (χ3n) is 3.73. The molecule has 0 radical (unpaired) electrons. The number of hydrogen-bond acceptors (Lipinski definition) is 3. The molecule has 3 nitrogen and oxygen atoms in total. The lowest BCUT2D eigenvalue weighted by Gasteiger charge is -2.22. The minimum absolute atomic E-state index is 0.925. The molecule has 0 saturated carbocycles. The van der Waals surface area contributed by atoms with Crippen molar-refractivity contribution < 1.29 is 4.74 Å². The first kappa shape index (κ1) is 14.8. The maximum atomic E-state index is 5.42. The number of rotatable bonds is 8. The van der Waals surface area contributed by atoms with Crippen LogP contribution in [0.25, 0.3) is 0 Å². The molecule has 0 aliphatic carbocycles. The Labute approximate surface area is 122 Å². The topological polar surface area (TPSA) is 15.7 Å². The predicted molar refractivity (Wildman–Crippen MR) is 84.9 cm³/mol. The van der Waals surface area contributed by atoms with Crippen LogP contribution in [0.15, 0.2) is 36.7 Å². The highest BCUT2D eigenvalue weighted by molar-refractivity contribution is 5.60. The highest BCUT2D eigenvalue weighted by atomic mass is 16.5. The molecule has 20 heavy (non-hydrogen) atoms. The predicted octanol–water partition coefficient (Wildman–Crippen LogP) is 4.22. The molecule has 3 heteroatoms. The molecular weight excluding hydrogens is 248 g/mol. The summed E-state index contributed by atoms with van der Waals surface area (Å²) in [6, 6.07) is 8.18. The quantitative estimate of drug-likeness (QED) is 0.660. The summed E-state index contributed by atoms with van der Waals surface area (Å²) in [5.74, 6) is 0.932. The minimum Gasteiger partial charge on any atom is -0.495 e. The number of nitrogens with zero attached hydrogens (tertiary/aromatic N) is 2. The number of unbranched alkanes of at least 4 members (excludes halogenated alkanes) is 4. The first-order valence-electron chi connectivity index (χ1n) is 7.67. The molecule has 110 valence electrons. The average Bonchev–Trinajstić information content (AvgIpc) is 2.95. The van der Waals surface area contributed by atoms with Gasteiger partial charge in [0.05, 0.1) is 19.5 Å². The normalized spacial score (nSPS) is 14.1. The van der Waals surface area contributed by atoms with E-state index in [0.29, 0.717) is 0 Å². The number of hydrogen-bond donors (Lipinski definition) is 0. The number of para-hydroxylation sites is 2. The molecule has 0 unspecified atom stereocenters. The van der Waals surface area contributed by atoms with Gasteiger partial charge in [0.2, 0.25) is 0 Å². The van der Waals surface area contributed by atoms with Crippen LogP contribution < -0.4 is 9.64 Å². The number of ether oxygens (including phenoxy) is 1. The van der Waals surface area contributed by atoms with E-state index >= 15 is 0 Å². The Morgan fingerprint density at radius 3 is 2.65 bits per heavy atom. The fourth-order valence-electron chi connectivity index (χ4n) is 2.55. The van der Waals surface area contributed by atoms with Crippen molar-refractivity contribution in [2.24, 2.45) is 0 Å². The molecule has 1 aliphatic rings. The van der Waals surface area contributed by atoms with E-state index in [2.05, 4.69) is 41.3 Å². The first-order chi connectivity index (χ1) is 9.85. The van der Waals surface area contributed by atoms with Crippen LogP contribution in [0.5, 0.6) is 5.75 Å². The minimum atomic E-state index is 0.925. The highest BCUT2D eigenvalue weighted by Gasteiger charge is 2.16. The molecule has 0 amide bonds. The number of benzene rings is 1. The molecule has 2 rings (SSSR count). The maximum absolute atomic E-state index is 5.42. The van der Waals surface area contributed by atoms with E-state index in [1.807, 2.05) is 12.1 Å². The highest BCUT2D eigenvalue weighted by Crippen LogP contribution is 2.29. The maximum Gasteiger partial charge on any atom is 0.142 e. The molecule has 1 aromatic carbocycles. The van der Waals surface area contributed by atoms with Gasteiger partial charge in [-0.2, -0.15) is 0 Å². The van der Waals surface area contributed by atoms with Crippen LogP contribution in [0.4, 0.5) is 5.69 Å². The molecule has 0 spiro atoms. The Morgan fingerprint density at radius 1 is 1.05 bits per heavy atom. The van der Waals surface area contributed by atoms with Crippen molar-refractivity contribution in [3.63, 3.8) is 0 Å². The Hall–Kier alpha value is -1.64. The van der Waals surface area contributed by atoms with Crippen molar-refractivity contribution in [3.8, 4) is 5.75 Å². The average molecular weight is 274 g/mol. The van der Waals surface area contributed by atoms with E-state index in [4.69, 9.17) is 4.74 Å². The monoisotopic (exact) mass is 274 g/mol. The molecule has 0 saturated heterocycles. The van der Waals surface area contributed by atoms with Crippen LogP contribution in [0.3, 0.4) is 0 Å². The summed E-state index contributed by atoms with van der Waals surface area (Å²) in [6.07, 6.45) is 11.0. The summed E-state index contributed by atoms with van der Waals surface area (Å²) in [7, 11) is 1.73. The third kappa shape index (κ3) is 3.92. The van der Waals surface area contributed by atoms with Crippen LogP contribution in [0.2, 0.25) is 0 Å². The summed E-state index contributed by atoms with van der Waals surface area (Å²) in [4.78, 5) is 4.61. The van der Waals surface area contributed by atoms with Gasteiger partial charge in [0, 0.05) is 18.9 Å². The van der Waals surface area contributed by atoms with Gasteiger partial charge in [-0.15, -0.1) is 0 Å². The van der Waals surface area contributed by atoms with E-state index in [-0.39, 0.29) is 0 Å². The zero-order valence-corrected chi connectivity index (χ0v) is 12.7. The van der Waals surface area contributed by atoms with Gasteiger partial charge in [-0.1, -0.05) is 44.7 Å². The summed E-state index contributed by atoms with van der Waals surface area (Å²) in [5, 5.41) is 0. The molecule has 0 atom stereocenters. The standard InChI is InChI=1S/C17H26N2O/c1-3-4-5-6-9-12-18-13-14-19(15-18)16-10-7-8-11-17(16)20-2/h7-8,10-11,13-14H,3-6,9,12,15H2,1-2H3. The van der Waals surface area contributed by atoms with Crippen molar-refractivity contribution in [2.75, 3.05) is 25.2 Å². The smallest absolute Gasteiger partial charge is 0.142 e. The van der Waals surface area contributed by atoms with Gasteiger partial charge >= 0.3 is 0 Å². The van der Waals surface area contributed by atoms with Gasteiger partial charge in [0.1, 0.15) is 5.75 Å². The molecule has 1 heterocycles. The Morgan fingerprint density at radius 2 is 1.85 bits per heavy atom. The Bertz CT molecular complexity index is 431. The summed E-state index contributed by atoms with van der Waals surface area (Å²) in [5.41, 5.74) is 1.14. The van der Waals surface area contributed by atoms with Gasteiger partial charge in [0.25, 0.3) is 0 Å². The van der Waals surface area contributed by atoms with Crippen LogP contribution in [0, 0.1) is 0 Å². The molecule has 1 aromatic rings. The lowest BCUT2D eigenvalue weighted by atomic mass is 10.1. The molecule has 1 aliphatic heterocycles. The van der Waals surface area contributed by atoms with Crippen LogP contribution in [-0.4, -0.2) is 25.2 Å². The van der Waals surface area contributed by atoms with Crippen molar-refractivity contribution in [3.05, 3.63) is 36.7 Å². The van der Waals surface area contributed by atoms with Crippen molar-refractivity contribution in [1.82, 2.24) is 4.90 Å². The summed E-state index contributed by atoms with van der Waals surface area (Å²) in [6.45, 7) is 4.33. The number of anilines is 1. The second kappa shape index (κ2) is 7.83. The van der Waals surface area contributed by atoms with E-state index in [1.165, 1.54) is 32.1 Å². The van der Waals surface area contributed by atoms with Crippen LogP contribution in [-0.2, 0) is 0 Å². The Balaban J connectivity index is 1.79. The lowest BCUT2D eigenvalue weighted by molar-refractivity contribution is 0.384. The van der Waals surface area contributed by atoms with Gasteiger partial charge in [-0.05, 0) is 18.6 Å². The van der Waals surface area contributed by atoms with Gasteiger partial charge in [0.15, 0.2) is 0 Å². The zero-order chi connectivity index (χ0) is 14.2. The van der Waals surface area contributed by atoms with Gasteiger partial charge in [-0.25, -0.2) is 0 Å². The van der Waals surface area contributed by atoms with Gasteiger partial charge in [-0.3, -0.25) is 0 Å². The zero-order valence-electron chi connectivity index (χ0n) is 12.7. The second-order valence-electron chi connectivity index (χ2n) is 5.31. The molecule has 0 bridgehead atoms. The molecular formula is C17H26N2O. The molecule has 0 fully saturated rings. The fourth-order valence-corrected chi connectivity index (χ4v) is 2.55. The van der Waals surface area contributed by atoms with Crippen LogP contribution >= 0.6 is 0 Å². The third-order valence-corrected chi connectivity index (χ3v) is 3.73. The summed E-state index contributed by atoms with van der Waals surface area (Å²) < 4.78 is 5.42. The largest absolute Gasteiger partial charge is 0.495 e. The first-order valence-corrected chi connectivity index (χ1v) is 7.67. The second-order valence-corrected chi connectivity index (χ2v) is 5.31. The molecule has 0 aromatic heterocycles. The van der Waals surface area contributed by atoms with Crippen molar-refractivity contribution in [2.45, 2.75) is 39.0 Å². The van der Waals surface area contributed by atoms with E-state index in [9.17, 15) is 0 Å². The van der Waals surface area contributed by atoms with E-state index in [1.54, 1.807) is 7.11 Å². The van der Waals surface area contributed by atoms with Crippen molar-refractivity contribution >= 4 is 5.69 Å².